The third-order valence-electron chi connectivity index (χ3n) is 2.67. The van der Waals surface area contributed by atoms with E-state index in [4.69, 9.17) is 11.6 Å². The Hall–Kier alpha value is -1.99. The number of carbonyl (C=O) groups excluding carboxylic acids is 1. The van der Waals surface area contributed by atoms with Crippen molar-refractivity contribution in [2.45, 2.75) is 6.42 Å². The summed E-state index contributed by atoms with van der Waals surface area (Å²) in [5.74, 6) is -0.206. The smallest absolute Gasteiger partial charge is 0.282 e. The number of rotatable bonds is 4. The highest BCUT2D eigenvalue weighted by atomic mass is 35.5. The number of carbonyl (C=O) groups is 1. The molecule has 0 radical (unpaired) electrons. The molecule has 2 aromatic heterocycles. The van der Waals surface area contributed by atoms with Crippen LogP contribution in [0.3, 0.4) is 0 Å². The van der Waals surface area contributed by atoms with E-state index in [2.05, 4.69) is 20.6 Å². The molecule has 0 spiro atoms. The van der Waals surface area contributed by atoms with E-state index < -0.39 is 0 Å². The summed E-state index contributed by atoms with van der Waals surface area (Å²) in [6, 6.07) is 7.57. The summed E-state index contributed by atoms with van der Waals surface area (Å²) in [4.78, 5) is 12.5. The normalized spacial score (nSPS) is 10.8. The number of hydrogen-bond donors (Lipinski definition) is 1. The van der Waals surface area contributed by atoms with Gasteiger partial charge >= 0.3 is 0 Å². The van der Waals surface area contributed by atoms with Crippen LogP contribution in [0.1, 0.15) is 15.4 Å². The second kappa shape index (κ2) is 5.56. The number of aromatic nitrogens is 4. The van der Waals surface area contributed by atoms with E-state index in [0.29, 0.717) is 21.5 Å². The molecule has 0 saturated heterocycles. The Balaban J connectivity index is 1.58. The molecule has 0 bridgehead atoms. The minimum absolute atomic E-state index is 0.206. The van der Waals surface area contributed by atoms with E-state index in [0.717, 1.165) is 12.0 Å². The molecule has 2 heterocycles. The summed E-state index contributed by atoms with van der Waals surface area (Å²) in [5, 5.41) is 15.5. The second-order valence-electron chi connectivity index (χ2n) is 4.10. The summed E-state index contributed by atoms with van der Waals surface area (Å²) >= 11 is 7.11. The number of benzene rings is 1. The summed E-state index contributed by atoms with van der Waals surface area (Å²) in [6.45, 7) is 0.527. The molecular formula is C12H10ClN5OS. The SMILES string of the molecule is O=C(NCCc1cccc(Cl)c1)c1nn2cnnc2s1. The molecule has 3 aromatic rings. The molecule has 0 aliphatic rings. The molecule has 0 aliphatic heterocycles. The molecule has 8 heteroatoms. The maximum absolute atomic E-state index is 11.9. The van der Waals surface area contributed by atoms with Crippen molar-refractivity contribution in [3.8, 4) is 0 Å². The fourth-order valence-corrected chi connectivity index (χ4v) is 2.69. The maximum atomic E-state index is 11.9. The zero-order valence-electron chi connectivity index (χ0n) is 10.3. The summed E-state index contributed by atoms with van der Waals surface area (Å²) < 4.78 is 1.48. The lowest BCUT2D eigenvalue weighted by Gasteiger charge is -2.03. The standard InChI is InChI=1S/C12H10ClN5OS/c13-9-3-1-2-8(6-9)4-5-14-10(19)11-17-18-7-15-16-12(18)20-11/h1-3,6-7H,4-5H2,(H,14,19). The van der Waals surface area contributed by atoms with Crippen LogP contribution in [0.5, 0.6) is 0 Å². The molecule has 1 amide bonds. The summed E-state index contributed by atoms with van der Waals surface area (Å²) in [6.07, 6.45) is 2.19. The first kappa shape index (κ1) is 13.0. The van der Waals surface area contributed by atoms with Crippen molar-refractivity contribution in [1.82, 2.24) is 25.1 Å². The van der Waals surface area contributed by atoms with Gasteiger partial charge in [0.05, 0.1) is 0 Å². The molecule has 102 valence electrons. The Labute approximate surface area is 123 Å². The molecule has 0 aliphatic carbocycles. The first-order valence-corrected chi connectivity index (χ1v) is 7.11. The van der Waals surface area contributed by atoms with Gasteiger partial charge in [0.2, 0.25) is 9.97 Å². The van der Waals surface area contributed by atoms with Crippen molar-refractivity contribution < 1.29 is 4.79 Å². The predicted octanol–water partition coefficient (Wildman–Crippen LogP) is 1.81. The largest absolute Gasteiger partial charge is 0.350 e. The van der Waals surface area contributed by atoms with E-state index in [1.165, 1.54) is 22.2 Å². The molecule has 20 heavy (non-hydrogen) atoms. The molecule has 0 saturated carbocycles. The first-order chi connectivity index (χ1) is 9.72. The lowest BCUT2D eigenvalue weighted by molar-refractivity contribution is 0.0952. The highest BCUT2D eigenvalue weighted by Gasteiger charge is 2.12. The Morgan fingerprint density at radius 3 is 3.15 bits per heavy atom. The number of fused-ring (bicyclic) bond motifs is 1. The van der Waals surface area contributed by atoms with Gasteiger partial charge in [-0.1, -0.05) is 35.1 Å². The van der Waals surface area contributed by atoms with Gasteiger partial charge in [-0.25, -0.2) is 0 Å². The number of nitrogens with one attached hydrogen (secondary N) is 1. The van der Waals surface area contributed by atoms with Crippen LogP contribution in [-0.2, 0) is 6.42 Å². The van der Waals surface area contributed by atoms with Crippen molar-refractivity contribution in [2.24, 2.45) is 0 Å². The van der Waals surface area contributed by atoms with Gasteiger partial charge in [-0.2, -0.15) is 4.52 Å². The third kappa shape index (κ3) is 2.78. The molecule has 0 fully saturated rings. The fourth-order valence-electron chi connectivity index (χ4n) is 1.74. The van der Waals surface area contributed by atoms with Crippen molar-refractivity contribution in [1.29, 1.82) is 0 Å². The Bertz CT molecular complexity index is 724. The Morgan fingerprint density at radius 1 is 1.45 bits per heavy atom. The summed E-state index contributed by atoms with van der Waals surface area (Å²) in [5.41, 5.74) is 1.08. The maximum Gasteiger partial charge on any atom is 0.282 e. The quantitative estimate of drug-likeness (QED) is 0.798. The lowest BCUT2D eigenvalue weighted by Crippen LogP contribution is -2.25. The van der Waals surface area contributed by atoms with Gasteiger partial charge < -0.3 is 5.32 Å². The van der Waals surface area contributed by atoms with Crippen LogP contribution >= 0.6 is 22.9 Å². The zero-order valence-corrected chi connectivity index (χ0v) is 11.9. The predicted molar refractivity (Wildman–Crippen MR) is 76.1 cm³/mol. The Morgan fingerprint density at radius 2 is 2.35 bits per heavy atom. The molecule has 0 unspecified atom stereocenters. The van der Waals surface area contributed by atoms with E-state index in [1.807, 2.05) is 24.3 Å². The number of amides is 1. The van der Waals surface area contributed by atoms with Crippen molar-refractivity contribution in [2.75, 3.05) is 6.54 Å². The average Bonchev–Trinajstić information content (AvgIpc) is 2.99. The van der Waals surface area contributed by atoms with Gasteiger partial charge in [-0.3, -0.25) is 4.79 Å². The summed E-state index contributed by atoms with van der Waals surface area (Å²) in [7, 11) is 0. The van der Waals surface area contributed by atoms with Crippen molar-refractivity contribution in [3.63, 3.8) is 0 Å². The topological polar surface area (TPSA) is 72.2 Å². The van der Waals surface area contributed by atoms with E-state index in [9.17, 15) is 4.79 Å². The van der Waals surface area contributed by atoms with Gasteiger partial charge in [-0.15, -0.1) is 15.3 Å². The molecule has 3 rings (SSSR count). The van der Waals surface area contributed by atoms with Crippen LogP contribution in [-0.4, -0.2) is 32.3 Å². The van der Waals surface area contributed by atoms with Crippen LogP contribution in [0.25, 0.3) is 4.96 Å². The fraction of sp³-hybridized carbons (Fsp3) is 0.167. The highest BCUT2D eigenvalue weighted by molar-refractivity contribution is 7.18. The molecule has 6 nitrogen and oxygen atoms in total. The van der Waals surface area contributed by atoms with Crippen LogP contribution in [0, 0.1) is 0 Å². The van der Waals surface area contributed by atoms with Crippen LogP contribution in [0.4, 0.5) is 0 Å². The molecule has 1 N–H and O–H groups in total. The molecule has 0 atom stereocenters. The van der Waals surface area contributed by atoms with E-state index in [1.54, 1.807) is 0 Å². The monoisotopic (exact) mass is 307 g/mol. The molecular weight excluding hydrogens is 298 g/mol. The average molecular weight is 308 g/mol. The van der Waals surface area contributed by atoms with Gasteiger partial charge in [0.1, 0.15) is 6.33 Å². The molecule has 1 aromatic carbocycles. The van der Waals surface area contributed by atoms with Crippen LogP contribution in [0.15, 0.2) is 30.6 Å². The van der Waals surface area contributed by atoms with Crippen molar-refractivity contribution >= 4 is 33.8 Å². The Kier molecular flexibility index (Phi) is 3.62. The van der Waals surface area contributed by atoms with Gasteiger partial charge in [-0.05, 0) is 24.1 Å². The third-order valence-corrected chi connectivity index (χ3v) is 3.82. The van der Waals surface area contributed by atoms with Crippen LogP contribution < -0.4 is 5.32 Å². The number of hydrogen-bond acceptors (Lipinski definition) is 5. The first-order valence-electron chi connectivity index (χ1n) is 5.92. The van der Waals surface area contributed by atoms with Crippen LogP contribution in [0.2, 0.25) is 5.02 Å². The van der Waals surface area contributed by atoms with E-state index in [-0.39, 0.29) is 5.91 Å². The van der Waals surface area contributed by atoms with E-state index >= 15 is 0 Å². The lowest BCUT2D eigenvalue weighted by atomic mass is 10.1. The zero-order chi connectivity index (χ0) is 13.9. The van der Waals surface area contributed by atoms with Gasteiger partial charge in [0.15, 0.2) is 0 Å². The number of halogens is 1. The highest BCUT2D eigenvalue weighted by Crippen LogP contribution is 2.12. The number of nitrogens with zero attached hydrogens (tertiary/aromatic N) is 4. The van der Waals surface area contributed by atoms with Gasteiger partial charge in [0.25, 0.3) is 5.91 Å². The van der Waals surface area contributed by atoms with Gasteiger partial charge in [0, 0.05) is 11.6 Å². The minimum atomic E-state index is -0.206. The second-order valence-corrected chi connectivity index (χ2v) is 5.49. The minimum Gasteiger partial charge on any atom is -0.350 e. The van der Waals surface area contributed by atoms with Crippen molar-refractivity contribution in [3.05, 3.63) is 46.2 Å².